The lowest BCUT2D eigenvalue weighted by Gasteiger charge is -2.17. The quantitative estimate of drug-likeness (QED) is 0.164. The van der Waals surface area contributed by atoms with Crippen LogP contribution in [0.2, 0.25) is 20.1 Å². The van der Waals surface area contributed by atoms with Gasteiger partial charge in [-0.25, -0.2) is 9.97 Å². The van der Waals surface area contributed by atoms with Gasteiger partial charge in [0.1, 0.15) is 0 Å². The van der Waals surface area contributed by atoms with Gasteiger partial charge in [0.25, 0.3) is 11.8 Å². The molecule has 10 heteroatoms. The summed E-state index contributed by atoms with van der Waals surface area (Å²) in [6, 6.07) is 25.3. The molecule has 0 saturated carbocycles. The Morgan fingerprint density at radius 1 is 0.587 bits per heavy atom. The van der Waals surface area contributed by atoms with Gasteiger partial charge in [0.05, 0.1) is 43.6 Å². The van der Waals surface area contributed by atoms with Crippen LogP contribution in [0.4, 0.5) is 0 Å². The summed E-state index contributed by atoms with van der Waals surface area (Å²) in [7, 11) is 0. The Balaban J connectivity index is 1.25. The minimum absolute atomic E-state index is 0.190. The van der Waals surface area contributed by atoms with Crippen LogP contribution in [0.15, 0.2) is 84.9 Å². The van der Waals surface area contributed by atoms with Gasteiger partial charge in [-0.05, 0) is 73.5 Å². The number of carbonyl (C=O) groups is 2. The largest absolute Gasteiger partial charge is 0.350 e. The molecule has 0 fully saturated rings. The Hall–Kier alpha value is -4.20. The SMILES string of the molecule is Cc1c(-c2ccc(Cl)cc2Cl)nc2ccccc2c1C(=O)NCCNC(=O)c1c(C)c(-c2ccc(Cl)cc2Cl)nc2ccccc12. The van der Waals surface area contributed by atoms with E-state index in [4.69, 9.17) is 56.4 Å². The number of nitrogens with zero attached hydrogens (tertiary/aromatic N) is 2. The molecule has 0 spiro atoms. The molecule has 6 nitrogen and oxygen atoms in total. The Morgan fingerprint density at radius 2 is 0.978 bits per heavy atom. The molecule has 0 aliphatic rings. The maximum Gasteiger partial charge on any atom is 0.252 e. The standard InChI is InChI=1S/C36H26Cl4N4O2/c1-19-31(25-7-3-5-9-29(25)43-33(19)23-13-11-21(37)17-27(23)39)35(45)41-15-16-42-36(46)32-20(2)34(24-14-12-22(38)18-28(24)40)44-30-10-6-4-8-26(30)32/h3-14,17-18H,15-16H2,1-2H3,(H,41,45)(H,42,46). The van der Waals surface area contributed by atoms with Crippen molar-refractivity contribution in [3.05, 3.63) is 127 Å². The summed E-state index contributed by atoms with van der Waals surface area (Å²) in [5.41, 5.74) is 6.18. The molecule has 4 aromatic carbocycles. The number of halogens is 4. The van der Waals surface area contributed by atoms with Crippen molar-refractivity contribution in [1.82, 2.24) is 20.6 Å². The zero-order chi connectivity index (χ0) is 32.5. The summed E-state index contributed by atoms with van der Waals surface area (Å²) >= 11 is 25.3. The topological polar surface area (TPSA) is 84.0 Å². The number of fused-ring (bicyclic) bond motifs is 2. The molecule has 0 saturated heterocycles. The molecule has 0 unspecified atom stereocenters. The van der Waals surface area contributed by atoms with E-state index in [9.17, 15) is 9.59 Å². The Bertz CT molecular complexity index is 2030. The second-order valence-corrected chi connectivity index (χ2v) is 12.4. The summed E-state index contributed by atoms with van der Waals surface area (Å²) in [5.74, 6) is -0.580. The van der Waals surface area contributed by atoms with Crippen LogP contribution in [0.5, 0.6) is 0 Å². The number of nitrogens with one attached hydrogen (secondary N) is 2. The van der Waals surface area contributed by atoms with Gasteiger partial charge in [0.15, 0.2) is 0 Å². The van der Waals surface area contributed by atoms with Crippen LogP contribution in [-0.4, -0.2) is 34.9 Å². The minimum Gasteiger partial charge on any atom is -0.350 e. The van der Waals surface area contributed by atoms with Crippen molar-refractivity contribution in [2.45, 2.75) is 13.8 Å². The molecule has 2 aromatic heterocycles. The van der Waals surface area contributed by atoms with Crippen LogP contribution < -0.4 is 10.6 Å². The van der Waals surface area contributed by atoms with Crippen LogP contribution in [0, 0.1) is 13.8 Å². The summed E-state index contributed by atoms with van der Waals surface area (Å²) in [5, 5.41) is 9.24. The fraction of sp³-hybridized carbons (Fsp3) is 0.111. The Labute approximate surface area is 285 Å². The molecule has 2 amide bonds. The average molecular weight is 688 g/mol. The van der Waals surface area contributed by atoms with Gasteiger partial charge >= 0.3 is 0 Å². The molecule has 0 bridgehead atoms. The lowest BCUT2D eigenvalue weighted by Crippen LogP contribution is -2.35. The fourth-order valence-electron chi connectivity index (χ4n) is 5.62. The van der Waals surface area contributed by atoms with E-state index >= 15 is 0 Å². The van der Waals surface area contributed by atoms with Crippen molar-refractivity contribution in [1.29, 1.82) is 0 Å². The van der Waals surface area contributed by atoms with Crippen molar-refractivity contribution in [3.63, 3.8) is 0 Å². The molecular formula is C36H26Cl4N4O2. The number of benzene rings is 4. The van der Waals surface area contributed by atoms with E-state index in [2.05, 4.69) is 10.6 Å². The predicted molar refractivity (Wildman–Crippen MR) is 189 cm³/mol. The Kier molecular flexibility index (Phi) is 9.16. The number of rotatable bonds is 7. The molecule has 0 aliphatic heterocycles. The molecule has 0 radical (unpaired) electrons. The maximum absolute atomic E-state index is 13.7. The van der Waals surface area contributed by atoms with E-state index in [1.165, 1.54) is 0 Å². The third kappa shape index (κ3) is 6.14. The first-order chi connectivity index (χ1) is 22.1. The first kappa shape index (κ1) is 31.8. The summed E-state index contributed by atoms with van der Waals surface area (Å²) < 4.78 is 0. The van der Waals surface area contributed by atoms with Crippen molar-refractivity contribution in [3.8, 4) is 22.5 Å². The smallest absolute Gasteiger partial charge is 0.252 e. The van der Waals surface area contributed by atoms with Gasteiger partial charge in [-0.1, -0.05) is 82.8 Å². The number of para-hydroxylation sites is 2. The molecule has 6 aromatic rings. The maximum atomic E-state index is 13.7. The second-order valence-electron chi connectivity index (χ2n) is 10.7. The number of carbonyl (C=O) groups excluding carboxylic acids is 2. The third-order valence-corrected chi connectivity index (χ3v) is 8.89. The van der Waals surface area contributed by atoms with Crippen molar-refractivity contribution in [2.24, 2.45) is 0 Å². The number of hydrogen-bond donors (Lipinski definition) is 2. The van der Waals surface area contributed by atoms with E-state index in [1.54, 1.807) is 36.4 Å². The average Bonchev–Trinajstić information content (AvgIpc) is 3.03. The molecule has 46 heavy (non-hydrogen) atoms. The van der Waals surface area contributed by atoms with Crippen LogP contribution in [-0.2, 0) is 0 Å². The summed E-state index contributed by atoms with van der Waals surface area (Å²) in [4.78, 5) is 37.0. The molecule has 0 aliphatic carbocycles. The van der Waals surface area contributed by atoms with E-state index in [-0.39, 0.29) is 24.9 Å². The van der Waals surface area contributed by atoms with Crippen molar-refractivity contribution < 1.29 is 9.59 Å². The van der Waals surface area contributed by atoms with Gasteiger partial charge in [-0.2, -0.15) is 0 Å². The van der Waals surface area contributed by atoms with E-state index < -0.39 is 0 Å². The molecule has 0 atom stereocenters. The summed E-state index contributed by atoms with van der Waals surface area (Å²) in [6.45, 7) is 4.07. The van der Waals surface area contributed by atoms with Crippen LogP contribution in [0.25, 0.3) is 44.3 Å². The van der Waals surface area contributed by atoms with E-state index in [1.807, 2.05) is 62.4 Å². The lowest BCUT2D eigenvalue weighted by atomic mass is 9.97. The minimum atomic E-state index is -0.290. The first-order valence-electron chi connectivity index (χ1n) is 14.4. The van der Waals surface area contributed by atoms with E-state index in [0.29, 0.717) is 86.7 Å². The number of aromatic nitrogens is 2. The zero-order valence-corrected chi connectivity index (χ0v) is 27.7. The van der Waals surface area contributed by atoms with Gasteiger partial charge in [0.2, 0.25) is 0 Å². The third-order valence-electron chi connectivity index (χ3n) is 7.79. The van der Waals surface area contributed by atoms with Gasteiger partial charge < -0.3 is 10.6 Å². The zero-order valence-electron chi connectivity index (χ0n) is 24.7. The van der Waals surface area contributed by atoms with Crippen LogP contribution in [0.1, 0.15) is 31.8 Å². The van der Waals surface area contributed by atoms with Crippen molar-refractivity contribution in [2.75, 3.05) is 13.1 Å². The van der Waals surface area contributed by atoms with Gasteiger partial charge in [-0.3, -0.25) is 9.59 Å². The van der Waals surface area contributed by atoms with Crippen molar-refractivity contribution >= 4 is 80.0 Å². The lowest BCUT2D eigenvalue weighted by molar-refractivity contribution is 0.0928. The first-order valence-corrected chi connectivity index (χ1v) is 15.9. The predicted octanol–water partition coefficient (Wildman–Crippen LogP) is 9.51. The fourth-order valence-corrected chi connectivity index (χ4v) is 6.61. The van der Waals surface area contributed by atoms with E-state index in [0.717, 1.165) is 0 Å². The second kappa shape index (κ2) is 13.3. The molecular weight excluding hydrogens is 662 g/mol. The molecule has 2 N–H and O–H groups in total. The molecule has 2 heterocycles. The number of amides is 2. The number of hydrogen-bond acceptors (Lipinski definition) is 4. The molecule has 230 valence electrons. The highest BCUT2D eigenvalue weighted by atomic mass is 35.5. The highest BCUT2D eigenvalue weighted by Gasteiger charge is 2.22. The monoisotopic (exact) mass is 686 g/mol. The Morgan fingerprint density at radius 3 is 1.37 bits per heavy atom. The molecule has 6 rings (SSSR count). The highest BCUT2D eigenvalue weighted by molar-refractivity contribution is 6.37. The van der Waals surface area contributed by atoms with Crippen LogP contribution >= 0.6 is 46.4 Å². The van der Waals surface area contributed by atoms with Gasteiger partial charge in [0, 0.05) is 45.0 Å². The van der Waals surface area contributed by atoms with Crippen LogP contribution in [0.3, 0.4) is 0 Å². The van der Waals surface area contributed by atoms with Gasteiger partial charge in [-0.15, -0.1) is 0 Å². The summed E-state index contributed by atoms with van der Waals surface area (Å²) in [6.07, 6.45) is 0. The normalized spacial score (nSPS) is 11.2. The highest BCUT2D eigenvalue weighted by Crippen LogP contribution is 2.36. The number of pyridine rings is 2.